The molecule has 0 aromatic heterocycles. The number of hydrogen-bond acceptors (Lipinski definition) is 3. The molecule has 2 rings (SSSR count). The minimum absolute atomic E-state index is 0.138. The zero-order chi connectivity index (χ0) is 13.7. The summed E-state index contributed by atoms with van der Waals surface area (Å²) in [7, 11) is 0. The lowest BCUT2D eigenvalue weighted by Crippen LogP contribution is -2.17. The summed E-state index contributed by atoms with van der Waals surface area (Å²) in [6, 6.07) is 13.6. The van der Waals surface area contributed by atoms with Crippen molar-refractivity contribution in [1.82, 2.24) is 5.43 Å². The molecular formula is C14H11BrN2O2. The second-order valence-corrected chi connectivity index (χ2v) is 4.63. The fraction of sp³-hybridized carbons (Fsp3) is 0. The van der Waals surface area contributed by atoms with Crippen LogP contribution >= 0.6 is 15.9 Å². The van der Waals surface area contributed by atoms with Gasteiger partial charge in [-0.25, -0.2) is 5.43 Å². The van der Waals surface area contributed by atoms with Crippen LogP contribution in [0.15, 0.2) is 58.1 Å². The molecule has 0 heterocycles. The largest absolute Gasteiger partial charge is 0.508 e. The molecule has 96 valence electrons. The minimum atomic E-state index is -0.284. The van der Waals surface area contributed by atoms with Crippen molar-refractivity contribution in [1.29, 1.82) is 0 Å². The Morgan fingerprint density at radius 2 is 1.95 bits per heavy atom. The molecule has 19 heavy (non-hydrogen) atoms. The van der Waals surface area contributed by atoms with E-state index in [0.29, 0.717) is 11.1 Å². The zero-order valence-electron chi connectivity index (χ0n) is 9.88. The molecule has 0 radical (unpaired) electrons. The molecule has 2 N–H and O–H groups in total. The predicted molar refractivity (Wildman–Crippen MR) is 77.3 cm³/mol. The number of rotatable bonds is 3. The summed E-state index contributed by atoms with van der Waals surface area (Å²) in [4.78, 5) is 11.7. The van der Waals surface area contributed by atoms with Gasteiger partial charge in [0.15, 0.2) is 0 Å². The Hall–Kier alpha value is -2.14. The highest BCUT2D eigenvalue weighted by atomic mass is 79.9. The quantitative estimate of drug-likeness (QED) is 0.675. The van der Waals surface area contributed by atoms with E-state index in [0.717, 1.165) is 4.47 Å². The van der Waals surface area contributed by atoms with Crippen LogP contribution in [0.25, 0.3) is 0 Å². The number of benzene rings is 2. The second-order valence-electron chi connectivity index (χ2n) is 3.77. The number of phenolic OH excluding ortho intramolecular Hbond substituents is 1. The molecule has 2 aromatic rings. The van der Waals surface area contributed by atoms with Gasteiger partial charge in [0.25, 0.3) is 5.91 Å². The predicted octanol–water partition coefficient (Wildman–Crippen LogP) is 2.92. The molecule has 0 spiro atoms. The Kier molecular flexibility index (Phi) is 4.30. The van der Waals surface area contributed by atoms with Crippen molar-refractivity contribution in [2.24, 2.45) is 5.10 Å². The van der Waals surface area contributed by atoms with E-state index in [1.807, 2.05) is 6.07 Å². The maximum atomic E-state index is 11.7. The van der Waals surface area contributed by atoms with Gasteiger partial charge < -0.3 is 5.11 Å². The number of phenols is 1. The van der Waals surface area contributed by atoms with Gasteiger partial charge in [0, 0.05) is 15.6 Å². The second kappa shape index (κ2) is 6.15. The summed E-state index contributed by atoms with van der Waals surface area (Å²) in [5.74, 6) is -0.146. The average Bonchev–Trinajstić information content (AvgIpc) is 2.43. The lowest BCUT2D eigenvalue weighted by Gasteiger charge is -2.00. The number of nitrogens with one attached hydrogen (secondary N) is 1. The fourth-order valence-corrected chi connectivity index (χ4v) is 1.79. The van der Waals surface area contributed by atoms with E-state index in [-0.39, 0.29) is 11.7 Å². The number of carbonyl (C=O) groups excluding carboxylic acids is 1. The molecule has 0 aliphatic rings. The molecule has 2 aromatic carbocycles. The number of amides is 1. The fourth-order valence-electron chi connectivity index (χ4n) is 1.44. The molecule has 0 aliphatic carbocycles. The van der Waals surface area contributed by atoms with Crippen molar-refractivity contribution < 1.29 is 9.90 Å². The Morgan fingerprint density at radius 3 is 2.68 bits per heavy atom. The molecule has 0 unspecified atom stereocenters. The van der Waals surface area contributed by atoms with Crippen LogP contribution in [-0.4, -0.2) is 17.2 Å². The number of aromatic hydroxyl groups is 1. The Balaban J connectivity index is 2.04. The monoisotopic (exact) mass is 318 g/mol. The van der Waals surface area contributed by atoms with Crippen LogP contribution in [0.3, 0.4) is 0 Å². The first-order chi connectivity index (χ1) is 9.16. The van der Waals surface area contributed by atoms with E-state index in [1.165, 1.54) is 6.21 Å². The van der Waals surface area contributed by atoms with E-state index in [4.69, 9.17) is 0 Å². The lowest BCUT2D eigenvalue weighted by atomic mass is 10.2. The molecular weight excluding hydrogens is 308 g/mol. The van der Waals surface area contributed by atoms with Gasteiger partial charge >= 0.3 is 0 Å². The summed E-state index contributed by atoms with van der Waals surface area (Å²) >= 11 is 3.33. The molecule has 0 aliphatic heterocycles. The Bertz CT molecular complexity index is 612. The van der Waals surface area contributed by atoms with Crippen molar-refractivity contribution in [3.8, 4) is 5.75 Å². The zero-order valence-corrected chi connectivity index (χ0v) is 11.5. The van der Waals surface area contributed by atoms with Crippen molar-refractivity contribution >= 4 is 28.1 Å². The third-order valence-corrected chi connectivity index (χ3v) is 3.11. The molecule has 4 nitrogen and oxygen atoms in total. The number of halogens is 1. The number of carbonyl (C=O) groups is 1. The number of nitrogens with zero attached hydrogens (tertiary/aromatic N) is 1. The summed E-state index contributed by atoms with van der Waals surface area (Å²) in [5.41, 5.74) is 3.63. The lowest BCUT2D eigenvalue weighted by molar-refractivity contribution is 0.0955. The van der Waals surface area contributed by atoms with Crippen LogP contribution in [0, 0.1) is 0 Å². The van der Waals surface area contributed by atoms with Gasteiger partial charge in [-0.1, -0.05) is 34.1 Å². The van der Waals surface area contributed by atoms with Gasteiger partial charge in [0.1, 0.15) is 5.75 Å². The number of hydrogen-bond donors (Lipinski definition) is 2. The topological polar surface area (TPSA) is 61.7 Å². The highest BCUT2D eigenvalue weighted by Crippen LogP contribution is 2.19. The van der Waals surface area contributed by atoms with Crippen LogP contribution in [0.5, 0.6) is 5.75 Å². The Labute approximate surface area is 118 Å². The van der Waals surface area contributed by atoms with Gasteiger partial charge in [-0.3, -0.25) is 4.79 Å². The van der Waals surface area contributed by atoms with Crippen LogP contribution in [0.1, 0.15) is 15.9 Å². The first kappa shape index (κ1) is 13.3. The standard InChI is InChI=1S/C14H11BrN2O2/c15-13-7-6-12(18)8-11(13)9-16-17-14(19)10-4-2-1-3-5-10/h1-9,18H,(H,17,19). The molecule has 0 saturated heterocycles. The number of hydrazone groups is 1. The summed E-state index contributed by atoms with van der Waals surface area (Å²) < 4.78 is 0.781. The van der Waals surface area contributed by atoms with Crippen LogP contribution < -0.4 is 5.43 Å². The van der Waals surface area contributed by atoms with Gasteiger partial charge in [-0.05, 0) is 30.3 Å². The van der Waals surface area contributed by atoms with Crippen LogP contribution in [0.2, 0.25) is 0 Å². The van der Waals surface area contributed by atoms with Crippen molar-refractivity contribution in [2.45, 2.75) is 0 Å². The van der Waals surface area contributed by atoms with Crippen molar-refractivity contribution in [2.75, 3.05) is 0 Å². The summed E-state index contributed by atoms with van der Waals surface area (Å²) in [6.45, 7) is 0. The van der Waals surface area contributed by atoms with Gasteiger partial charge in [-0.2, -0.15) is 5.10 Å². The van der Waals surface area contributed by atoms with E-state index < -0.39 is 0 Å². The molecule has 1 amide bonds. The van der Waals surface area contributed by atoms with E-state index in [9.17, 15) is 9.90 Å². The van der Waals surface area contributed by atoms with E-state index in [2.05, 4.69) is 26.5 Å². The normalized spacial score (nSPS) is 10.6. The van der Waals surface area contributed by atoms with Gasteiger partial charge in [0.05, 0.1) is 6.21 Å². The molecule has 0 fully saturated rings. The van der Waals surface area contributed by atoms with E-state index in [1.54, 1.807) is 42.5 Å². The highest BCUT2D eigenvalue weighted by Gasteiger charge is 2.02. The molecule has 5 heteroatoms. The smallest absolute Gasteiger partial charge is 0.271 e. The average molecular weight is 319 g/mol. The maximum Gasteiger partial charge on any atom is 0.271 e. The van der Waals surface area contributed by atoms with Crippen molar-refractivity contribution in [3.63, 3.8) is 0 Å². The maximum absolute atomic E-state index is 11.7. The van der Waals surface area contributed by atoms with Gasteiger partial charge in [0.2, 0.25) is 0 Å². The molecule has 0 saturated carbocycles. The molecule has 0 atom stereocenters. The van der Waals surface area contributed by atoms with Crippen LogP contribution in [0.4, 0.5) is 0 Å². The first-order valence-corrected chi connectivity index (χ1v) is 6.33. The summed E-state index contributed by atoms with van der Waals surface area (Å²) in [5, 5.41) is 13.2. The first-order valence-electron chi connectivity index (χ1n) is 5.54. The van der Waals surface area contributed by atoms with Crippen molar-refractivity contribution in [3.05, 3.63) is 64.1 Å². The third-order valence-electron chi connectivity index (χ3n) is 2.39. The third kappa shape index (κ3) is 3.66. The van der Waals surface area contributed by atoms with E-state index >= 15 is 0 Å². The molecule has 0 bridgehead atoms. The van der Waals surface area contributed by atoms with Gasteiger partial charge in [-0.15, -0.1) is 0 Å². The highest BCUT2D eigenvalue weighted by molar-refractivity contribution is 9.10. The Morgan fingerprint density at radius 1 is 1.21 bits per heavy atom. The van der Waals surface area contributed by atoms with Crippen LogP contribution in [-0.2, 0) is 0 Å². The minimum Gasteiger partial charge on any atom is -0.508 e. The SMILES string of the molecule is O=C(NN=Cc1cc(O)ccc1Br)c1ccccc1. The summed E-state index contributed by atoms with van der Waals surface area (Å²) in [6.07, 6.45) is 1.46.